The Morgan fingerprint density at radius 1 is 1.08 bits per heavy atom. The monoisotopic (exact) mass is 350 g/mol. The molecular formula is C21H22N2O3. The zero-order valence-electron chi connectivity index (χ0n) is 14.9. The third kappa shape index (κ3) is 6.33. The topological polar surface area (TPSA) is 67.4 Å². The Balaban J connectivity index is 1.93. The highest BCUT2D eigenvalue weighted by Gasteiger charge is 2.16. The quantitative estimate of drug-likeness (QED) is 0.787. The third-order valence-corrected chi connectivity index (χ3v) is 3.67. The summed E-state index contributed by atoms with van der Waals surface area (Å²) in [4.78, 5) is 23.6. The highest BCUT2D eigenvalue weighted by atomic mass is 16.5. The minimum atomic E-state index is -0.402. The summed E-state index contributed by atoms with van der Waals surface area (Å²) < 4.78 is 5.13. The van der Waals surface area contributed by atoms with E-state index < -0.39 is 6.04 Å². The maximum Gasteiger partial charge on any atom is 0.223 e. The summed E-state index contributed by atoms with van der Waals surface area (Å²) in [5, 5.41) is 5.56. The molecule has 0 aliphatic heterocycles. The van der Waals surface area contributed by atoms with Crippen molar-refractivity contribution < 1.29 is 14.3 Å². The van der Waals surface area contributed by atoms with Crippen molar-refractivity contribution in [3.8, 4) is 17.6 Å². The fraction of sp³-hybridized carbons (Fsp3) is 0.238. The van der Waals surface area contributed by atoms with Gasteiger partial charge in [-0.2, -0.15) is 0 Å². The van der Waals surface area contributed by atoms with Crippen molar-refractivity contribution in [2.45, 2.75) is 19.4 Å². The normalized spacial score (nSPS) is 10.8. The van der Waals surface area contributed by atoms with Crippen LogP contribution >= 0.6 is 0 Å². The van der Waals surface area contributed by atoms with E-state index in [0.717, 1.165) is 16.9 Å². The van der Waals surface area contributed by atoms with Gasteiger partial charge in [-0.25, -0.2) is 0 Å². The molecular weight excluding hydrogens is 328 g/mol. The summed E-state index contributed by atoms with van der Waals surface area (Å²) in [7, 11) is 1.59. The minimum absolute atomic E-state index is 0.138. The number of carbonyl (C=O) groups is 2. The van der Waals surface area contributed by atoms with Gasteiger partial charge in [0, 0.05) is 12.5 Å². The molecule has 0 saturated heterocycles. The fourth-order valence-electron chi connectivity index (χ4n) is 2.40. The van der Waals surface area contributed by atoms with Crippen molar-refractivity contribution in [1.29, 1.82) is 0 Å². The first kappa shape index (κ1) is 19.1. The maximum atomic E-state index is 12.2. The second-order valence-corrected chi connectivity index (χ2v) is 5.67. The van der Waals surface area contributed by atoms with E-state index in [1.165, 1.54) is 6.92 Å². The van der Waals surface area contributed by atoms with E-state index in [2.05, 4.69) is 22.5 Å². The molecule has 5 nitrogen and oxygen atoms in total. The molecule has 2 aromatic carbocycles. The molecule has 134 valence electrons. The molecule has 1 atom stereocenters. The van der Waals surface area contributed by atoms with Crippen LogP contribution in [0.2, 0.25) is 0 Å². The number of amides is 2. The molecule has 0 aliphatic rings. The van der Waals surface area contributed by atoms with Crippen LogP contribution in [-0.4, -0.2) is 25.5 Å². The van der Waals surface area contributed by atoms with Gasteiger partial charge in [0.15, 0.2) is 0 Å². The van der Waals surface area contributed by atoms with Crippen LogP contribution in [0, 0.1) is 11.8 Å². The fourth-order valence-corrected chi connectivity index (χ4v) is 2.40. The second kappa shape index (κ2) is 9.90. The predicted octanol–water partition coefficient (Wildman–Crippen LogP) is 2.43. The number of hydrogen-bond acceptors (Lipinski definition) is 3. The average molecular weight is 350 g/mol. The first-order valence-electron chi connectivity index (χ1n) is 8.30. The van der Waals surface area contributed by atoms with Crippen LogP contribution in [0.1, 0.15) is 30.5 Å². The van der Waals surface area contributed by atoms with E-state index in [9.17, 15) is 9.59 Å². The molecule has 0 heterocycles. The van der Waals surface area contributed by atoms with Gasteiger partial charge in [0.05, 0.1) is 26.1 Å². The Morgan fingerprint density at radius 2 is 1.77 bits per heavy atom. The standard InChI is InChI=1S/C21H22N2O3/c1-16(24)23-20(18-10-12-19(26-2)13-11-18)15-21(25)22-14-6-9-17-7-4-3-5-8-17/h3-5,7-8,10-13,20H,14-15H2,1-2H3,(H,22,25)(H,23,24). The molecule has 0 saturated carbocycles. The van der Waals surface area contributed by atoms with E-state index in [-0.39, 0.29) is 24.8 Å². The van der Waals surface area contributed by atoms with Gasteiger partial charge < -0.3 is 15.4 Å². The van der Waals surface area contributed by atoms with Crippen LogP contribution in [0.25, 0.3) is 0 Å². The summed E-state index contributed by atoms with van der Waals surface area (Å²) in [6, 6.07) is 16.4. The lowest BCUT2D eigenvalue weighted by atomic mass is 10.0. The van der Waals surface area contributed by atoms with Crippen LogP contribution in [0.4, 0.5) is 0 Å². The number of methoxy groups -OCH3 is 1. The number of nitrogens with one attached hydrogen (secondary N) is 2. The van der Waals surface area contributed by atoms with E-state index in [1.54, 1.807) is 19.2 Å². The molecule has 0 aliphatic carbocycles. The predicted molar refractivity (Wildman–Crippen MR) is 100 cm³/mol. The number of ether oxygens (including phenoxy) is 1. The van der Waals surface area contributed by atoms with Gasteiger partial charge >= 0.3 is 0 Å². The van der Waals surface area contributed by atoms with Crippen LogP contribution in [0.3, 0.4) is 0 Å². The highest BCUT2D eigenvalue weighted by Crippen LogP contribution is 2.20. The molecule has 2 amide bonds. The molecule has 2 rings (SSSR count). The second-order valence-electron chi connectivity index (χ2n) is 5.67. The molecule has 0 bridgehead atoms. The highest BCUT2D eigenvalue weighted by molar-refractivity contribution is 5.79. The van der Waals surface area contributed by atoms with Gasteiger partial charge in [-0.05, 0) is 29.8 Å². The SMILES string of the molecule is COc1ccc(C(CC(=O)NCC#Cc2ccccc2)NC(C)=O)cc1. The van der Waals surface area contributed by atoms with Gasteiger partial charge in [0.25, 0.3) is 0 Å². The minimum Gasteiger partial charge on any atom is -0.497 e. The van der Waals surface area contributed by atoms with E-state index in [4.69, 9.17) is 4.74 Å². The Hall–Kier alpha value is -3.26. The molecule has 2 aromatic rings. The number of rotatable bonds is 6. The third-order valence-electron chi connectivity index (χ3n) is 3.67. The van der Waals surface area contributed by atoms with Crippen LogP contribution in [0.15, 0.2) is 54.6 Å². The lowest BCUT2D eigenvalue weighted by Crippen LogP contribution is -2.32. The van der Waals surface area contributed by atoms with Crippen molar-refractivity contribution in [1.82, 2.24) is 10.6 Å². The zero-order valence-corrected chi connectivity index (χ0v) is 14.9. The van der Waals surface area contributed by atoms with Crippen LogP contribution < -0.4 is 15.4 Å². The Kier molecular flexibility index (Phi) is 7.26. The first-order valence-corrected chi connectivity index (χ1v) is 8.30. The van der Waals surface area contributed by atoms with E-state index >= 15 is 0 Å². The van der Waals surface area contributed by atoms with Crippen molar-refractivity contribution in [2.75, 3.05) is 13.7 Å². The summed E-state index contributed by atoms with van der Waals surface area (Å²) in [6.07, 6.45) is 0.138. The molecule has 1 unspecified atom stereocenters. The Morgan fingerprint density at radius 3 is 2.38 bits per heavy atom. The van der Waals surface area contributed by atoms with Gasteiger partial charge in [-0.1, -0.05) is 42.2 Å². The molecule has 0 radical (unpaired) electrons. The molecule has 5 heteroatoms. The molecule has 0 spiro atoms. The smallest absolute Gasteiger partial charge is 0.223 e. The van der Waals surface area contributed by atoms with Gasteiger partial charge in [-0.3, -0.25) is 9.59 Å². The van der Waals surface area contributed by atoms with Crippen molar-refractivity contribution in [3.05, 3.63) is 65.7 Å². The average Bonchev–Trinajstić information content (AvgIpc) is 2.65. The van der Waals surface area contributed by atoms with E-state index in [0.29, 0.717) is 0 Å². The number of carbonyl (C=O) groups excluding carboxylic acids is 2. The molecule has 26 heavy (non-hydrogen) atoms. The van der Waals surface area contributed by atoms with Crippen molar-refractivity contribution in [3.63, 3.8) is 0 Å². The van der Waals surface area contributed by atoms with Gasteiger partial charge in [0.2, 0.25) is 11.8 Å². The lowest BCUT2D eigenvalue weighted by Gasteiger charge is -2.18. The summed E-state index contributed by atoms with van der Waals surface area (Å²) in [5.74, 6) is 6.24. The summed E-state index contributed by atoms with van der Waals surface area (Å²) in [6.45, 7) is 1.68. The Labute approximate surface area is 153 Å². The van der Waals surface area contributed by atoms with E-state index in [1.807, 2.05) is 42.5 Å². The summed E-state index contributed by atoms with van der Waals surface area (Å²) in [5.41, 5.74) is 1.74. The van der Waals surface area contributed by atoms with Crippen molar-refractivity contribution >= 4 is 11.8 Å². The van der Waals surface area contributed by atoms with Crippen molar-refractivity contribution in [2.24, 2.45) is 0 Å². The molecule has 0 aromatic heterocycles. The molecule has 0 fully saturated rings. The van der Waals surface area contributed by atoms with Gasteiger partial charge in [-0.15, -0.1) is 0 Å². The van der Waals surface area contributed by atoms with Crippen LogP contribution in [0.5, 0.6) is 5.75 Å². The number of benzene rings is 2. The van der Waals surface area contributed by atoms with Crippen LogP contribution in [-0.2, 0) is 9.59 Å². The zero-order chi connectivity index (χ0) is 18.8. The number of hydrogen-bond donors (Lipinski definition) is 2. The molecule has 2 N–H and O–H groups in total. The largest absolute Gasteiger partial charge is 0.497 e. The maximum absolute atomic E-state index is 12.2. The Bertz CT molecular complexity index is 790. The van der Waals surface area contributed by atoms with Gasteiger partial charge in [0.1, 0.15) is 5.75 Å². The lowest BCUT2D eigenvalue weighted by molar-refractivity contribution is -0.122. The first-order chi connectivity index (χ1) is 12.6. The summed E-state index contributed by atoms with van der Waals surface area (Å²) >= 11 is 0.